The van der Waals surface area contributed by atoms with Crippen molar-refractivity contribution in [1.29, 1.82) is 0 Å². The molecule has 1 aliphatic rings. The van der Waals surface area contributed by atoms with Crippen LogP contribution in [0, 0.1) is 5.82 Å². The van der Waals surface area contributed by atoms with Gasteiger partial charge in [0.25, 0.3) is 0 Å². The summed E-state index contributed by atoms with van der Waals surface area (Å²) in [6.07, 6.45) is 2.10. The Morgan fingerprint density at radius 3 is 2.80 bits per heavy atom. The van der Waals surface area contributed by atoms with Crippen LogP contribution in [0.4, 0.5) is 10.1 Å². The molecule has 4 nitrogen and oxygen atoms in total. The summed E-state index contributed by atoms with van der Waals surface area (Å²) in [5, 5.41) is 2.90. The molecule has 0 saturated heterocycles. The van der Waals surface area contributed by atoms with Crippen molar-refractivity contribution in [3.8, 4) is 0 Å². The average Bonchev–Trinajstić information content (AvgIpc) is 2.61. The standard InChI is InChI=1S/C20H21FN2O2/c1-23-18-8-5-15(11-16(18)7-10-20(23)25)13-22-19(24)9-6-14-3-2-4-17(21)12-14/h2-5,8,11-12H,6-7,9-10,13H2,1H3,(H,22,24). The lowest BCUT2D eigenvalue weighted by Crippen LogP contribution is -2.31. The second-order valence-electron chi connectivity index (χ2n) is 6.32. The van der Waals surface area contributed by atoms with E-state index < -0.39 is 0 Å². The molecule has 1 aliphatic heterocycles. The van der Waals surface area contributed by atoms with E-state index in [9.17, 15) is 14.0 Å². The Kier molecular flexibility index (Phi) is 5.12. The lowest BCUT2D eigenvalue weighted by Gasteiger charge is -2.26. The first-order valence-corrected chi connectivity index (χ1v) is 8.42. The highest BCUT2D eigenvalue weighted by atomic mass is 19.1. The van der Waals surface area contributed by atoms with Crippen molar-refractivity contribution in [2.75, 3.05) is 11.9 Å². The summed E-state index contributed by atoms with van der Waals surface area (Å²) >= 11 is 0. The van der Waals surface area contributed by atoms with E-state index in [1.807, 2.05) is 24.3 Å². The third-order valence-corrected chi connectivity index (χ3v) is 4.51. The fourth-order valence-electron chi connectivity index (χ4n) is 3.06. The van der Waals surface area contributed by atoms with Crippen LogP contribution in [0.15, 0.2) is 42.5 Å². The van der Waals surface area contributed by atoms with Crippen molar-refractivity contribution in [3.63, 3.8) is 0 Å². The molecule has 0 aromatic heterocycles. The fourth-order valence-corrected chi connectivity index (χ4v) is 3.06. The van der Waals surface area contributed by atoms with Crippen LogP contribution in [0.2, 0.25) is 0 Å². The number of amides is 2. The zero-order valence-corrected chi connectivity index (χ0v) is 14.2. The van der Waals surface area contributed by atoms with Gasteiger partial charge in [-0.05, 0) is 47.7 Å². The van der Waals surface area contributed by atoms with Crippen LogP contribution in [0.25, 0.3) is 0 Å². The van der Waals surface area contributed by atoms with Crippen molar-refractivity contribution in [2.45, 2.75) is 32.2 Å². The summed E-state index contributed by atoms with van der Waals surface area (Å²) in [5.41, 5.74) is 3.91. The molecule has 0 aliphatic carbocycles. The second kappa shape index (κ2) is 7.47. The molecule has 5 heteroatoms. The van der Waals surface area contributed by atoms with Gasteiger partial charge in [0.2, 0.25) is 11.8 Å². The molecule has 0 fully saturated rings. The first-order valence-electron chi connectivity index (χ1n) is 8.42. The molecule has 0 bridgehead atoms. The normalized spacial score (nSPS) is 13.5. The minimum absolute atomic E-state index is 0.0609. The van der Waals surface area contributed by atoms with E-state index in [-0.39, 0.29) is 17.6 Å². The van der Waals surface area contributed by atoms with Crippen LogP contribution >= 0.6 is 0 Å². The minimum atomic E-state index is -0.282. The number of anilines is 1. The first-order chi connectivity index (χ1) is 12.0. The molecule has 0 saturated carbocycles. The Morgan fingerprint density at radius 1 is 1.16 bits per heavy atom. The summed E-state index contributed by atoms with van der Waals surface area (Å²) in [4.78, 5) is 25.4. The SMILES string of the molecule is CN1C(=O)CCc2cc(CNC(=O)CCc3cccc(F)c3)ccc21. The number of fused-ring (bicyclic) bond motifs is 1. The first kappa shape index (κ1) is 17.1. The van der Waals surface area contributed by atoms with Gasteiger partial charge in [0, 0.05) is 32.1 Å². The number of carbonyl (C=O) groups excluding carboxylic acids is 2. The maximum Gasteiger partial charge on any atom is 0.227 e. The molecular weight excluding hydrogens is 319 g/mol. The molecular formula is C20H21FN2O2. The largest absolute Gasteiger partial charge is 0.352 e. The highest BCUT2D eigenvalue weighted by Crippen LogP contribution is 2.27. The molecule has 2 aromatic rings. The van der Waals surface area contributed by atoms with Crippen LogP contribution in [0.5, 0.6) is 0 Å². The van der Waals surface area contributed by atoms with Gasteiger partial charge in [0.05, 0.1) is 0 Å². The molecule has 2 amide bonds. The molecule has 0 spiro atoms. The summed E-state index contributed by atoms with van der Waals surface area (Å²) in [5.74, 6) is -0.212. The Bertz CT molecular complexity index is 804. The predicted molar refractivity (Wildman–Crippen MR) is 94.7 cm³/mol. The highest BCUT2D eigenvalue weighted by Gasteiger charge is 2.20. The Hall–Kier alpha value is -2.69. The lowest BCUT2D eigenvalue weighted by molar-refractivity contribution is -0.121. The number of aryl methyl sites for hydroxylation is 2. The van der Waals surface area contributed by atoms with Crippen LogP contribution in [-0.4, -0.2) is 18.9 Å². The summed E-state index contributed by atoms with van der Waals surface area (Å²) < 4.78 is 13.1. The summed E-state index contributed by atoms with van der Waals surface area (Å²) in [6.45, 7) is 0.451. The van der Waals surface area contributed by atoms with E-state index in [1.54, 1.807) is 18.0 Å². The van der Waals surface area contributed by atoms with Gasteiger partial charge in [-0.2, -0.15) is 0 Å². The van der Waals surface area contributed by atoms with E-state index in [1.165, 1.54) is 12.1 Å². The van der Waals surface area contributed by atoms with Crippen LogP contribution < -0.4 is 10.2 Å². The van der Waals surface area contributed by atoms with Gasteiger partial charge >= 0.3 is 0 Å². The maximum atomic E-state index is 13.1. The van der Waals surface area contributed by atoms with Gasteiger partial charge in [-0.25, -0.2) is 4.39 Å². The van der Waals surface area contributed by atoms with E-state index in [2.05, 4.69) is 5.32 Å². The third kappa shape index (κ3) is 4.24. The van der Waals surface area contributed by atoms with Crippen molar-refractivity contribution >= 4 is 17.5 Å². The number of nitrogens with zero attached hydrogens (tertiary/aromatic N) is 1. The second-order valence-corrected chi connectivity index (χ2v) is 6.32. The molecule has 1 N–H and O–H groups in total. The van der Waals surface area contributed by atoms with Crippen LogP contribution in [0.3, 0.4) is 0 Å². The van der Waals surface area contributed by atoms with E-state index in [0.29, 0.717) is 25.8 Å². The van der Waals surface area contributed by atoms with Gasteiger partial charge in [-0.15, -0.1) is 0 Å². The molecule has 0 radical (unpaired) electrons. The Morgan fingerprint density at radius 2 is 2.00 bits per heavy atom. The number of benzene rings is 2. The van der Waals surface area contributed by atoms with Crippen LogP contribution in [0.1, 0.15) is 29.5 Å². The molecule has 0 unspecified atom stereocenters. The van der Waals surface area contributed by atoms with Crippen LogP contribution in [-0.2, 0) is 29.0 Å². The number of halogens is 1. The topological polar surface area (TPSA) is 49.4 Å². The van der Waals surface area contributed by atoms with E-state index >= 15 is 0 Å². The highest BCUT2D eigenvalue weighted by molar-refractivity contribution is 5.95. The van der Waals surface area contributed by atoms with Gasteiger partial charge in [-0.3, -0.25) is 9.59 Å². The summed E-state index contributed by atoms with van der Waals surface area (Å²) in [7, 11) is 1.79. The van der Waals surface area contributed by atoms with Gasteiger partial charge in [0.1, 0.15) is 5.82 Å². The molecule has 0 atom stereocenters. The number of rotatable bonds is 5. The van der Waals surface area contributed by atoms with Gasteiger partial charge in [-0.1, -0.05) is 24.3 Å². The third-order valence-electron chi connectivity index (χ3n) is 4.51. The van der Waals surface area contributed by atoms with Crippen molar-refractivity contribution in [3.05, 3.63) is 65.0 Å². The zero-order chi connectivity index (χ0) is 17.8. The monoisotopic (exact) mass is 340 g/mol. The quantitative estimate of drug-likeness (QED) is 0.910. The zero-order valence-electron chi connectivity index (χ0n) is 14.2. The van der Waals surface area contributed by atoms with Crippen molar-refractivity contribution < 1.29 is 14.0 Å². The molecule has 25 heavy (non-hydrogen) atoms. The Labute approximate surface area is 146 Å². The van der Waals surface area contributed by atoms with Gasteiger partial charge in [0.15, 0.2) is 0 Å². The fraction of sp³-hybridized carbons (Fsp3) is 0.300. The smallest absolute Gasteiger partial charge is 0.227 e. The number of hydrogen-bond acceptors (Lipinski definition) is 2. The molecule has 130 valence electrons. The van der Waals surface area contributed by atoms with E-state index in [4.69, 9.17) is 0 Å². The van der Waals surface area contributed by atoms with Crippen molar-refractivity contribution in [2.24, 2.45) is 0 Å². The number of carbonyl (C=O) groups is 2. The van der Waals surface area contributed by atoms with E-state index in [0.717, 1.165) is 28.8 Å². The summed E-state index contributed by atoms with van der Waals surface area (Å²) in [6, 6.07) is 12.2. The molecule has 1 heterocycles. The average molecular weight is 340 g/mol. The van der Waals surface area contributed by atoms with Crippen molar-refractivity contribution in [1.82, 2.24) is 5.32 Å². The predicted octanol–water partition coefficient (Wildman–Crippen LogP) is 2.98. The maximum absolute atomic E-state index is 13.1. The minimum Gasteiger partial charge on any atom is -0.352 e. The number of nitrogens with one attached hydrogen (secondary N) is 1. The Balaban J connectivity index is 1.53. The molecule has 2 aromatic carbocycles. The lowest BCUT2D eigenvalue weighted by atomic mass is 9.99. The molecule has 3 rings (SSSR count). The number of hydrogen-bond donors (Lipinski definition) is 1. The van der Waals surface area contributed by atoms with Gasteiger partial charge < -0.3 is 10.2 Å².